The zero-order valence-corrected chi connectivity index (χ0v) is 5.78. The monoisotopic (exact) mass is 114 g/mol. The highest BCUT2D eigenvalue weighted by atomic mass is 14.9. The Morgan fingerprint density at radius 1 is 1.50 bits per heavy atom. The molecule has 8 heavy (non-hydrogen) atoms. The number of nitrogens with one attached hydrogen (secondary N) is 2. The van der Waals surface area contributed by atoms with Crippen molar-refractivity contribution in [1.29, 1.82) is 0 Å². The summed E-state index contributed by atoms with van der Waals surface area (Å²) >= 11 is 0. The predicted octanol–water partition coefficient (Wildman–Crippen LogP) is 0.677. The van der Waals surface area contributed by atoms with Crippen LogP contribution in [-0.4, -0.2) is 14.1 Å². The second-order valence-corrected chi connectivity index (χ2v) is 1.56. The lowest BCUT2D eigenvalue weighted by molar-refractivity contribution is 0.870. The van der Waals surface area contributed by atoms with E-state index >= 15 is 0 Å². The van der Waals surface area contributed by atoms with Crippen molar-refractivity contribution in [3.63, 3.8) is 0 Å². The average Bonchev–Trinajstić information content (AvgIpc) is 1.83. The molecule has 0 aromatic heterocycles. The van der Waals surface area contributed by atoms with Gasteiger partial charge >= 0.3 is 0 Å². The molecule has 48 valence electrons. The van der Waals surface area contributed by atoms with Gasteiger partial charge in [0.05, 0.1) is 0 Å². The molecule has 0 amide bonds. The molecule has 0 spiro atoms. The first-order chi connectivity index (χ1) is 3.85. The van der Waals surface area contributed by atoms with Crippen molar-refractivity contribution in [2.45, 2.75) is 13.3 Å². The van der Waals surface area contributed by atoms with Gasteiger partial charge in [-0.15, -0.1) is 0 Å². The van der Waals surface area contributed by atoms with Gasteiger partial charge in [-0.05, 0) is 6.42 Å². The van der Waals surface area contributed by atoms with Crippen LogP contribution in [0.25, 0.3) is 0 Å². The Morgan fingerprint density at radius 2 is 2.12 bits per heavy atom. The van der Waals surface area contributed by atoms with Gasteiger partial charge in [-0.25, -0.2) is 0 Å². The minimum atomic E-state index is 1.05. The van der Waals surface area contributed by atoms with Crippen LogP contribution < -0.4 is 10.6 Å². The first-order valence-corrected chi connectivity index (χ1v) is 2.89. The fraction of sp³-hybridized carbons (Fsp3) is 0.667. The van der Waals surface area contributed by atoms with Crippen molar-refractivity contribution >= 4 is 0 Å². The van der Waals surface area contributed by atoms with E-state index in [1.807, 2.05) is 20.3 Å². The molecule has 0 unspecified atom stereocenters. The highest BCUT2D eigenvalue weighted by Gasteiger charge is 1.82. The van der Waals surface area contributed by atoms with Crippen LogP contribution in [0.5, 0.6) is 0 Å². The second-order valence-electron chi connectivity index (χ2n) is 1.56. The van der Waals surface area contributed by atoms with Crippen LogP contribution in [0.3, 0.4) is 0 Å². The van der Waals surface area contributed by atoms with Crippen LogP contribution in [0.15, 0.2) is 11.9 Å². The van der Waals surface area contributed by atoms with Crippen molar-refractivity contribution in [1.82, 2.24) is 10.6 Å². The molecule has 0 bridgehead atoms. The van der Waals surface area contributed by atoms with Gasteiger partial charge in [0, 0.05) is 26.0 Å². The molecule has 0 aliphatic rings. The Bertz CT molecular complexity index is 70.6. The molecule has 0 aromatic carbocycles. The molecule has 0 aromatic rings. The summed E-state index contributed by atoms with van der Waals surface area (Å²) in [6.45, 7) is 2.11. The van der Waals surface area contributed by atoms with Crippen LogP contribution in [0, 0.1) is 0 Å². The van der Waals surface area contributed by atoms with E-state index in [9.17, 15) is 0 Å². The summed E-state index contributed by atoms with van der Waals surface area (Å²) in [5.41, 5.74) is 1.23. The summed E-state index contributed by atoms with van der Waals surface area (Å²) in [7, 11) is 3.82. The fourth-order valence-electron chi connectivity index (χ4n) is 0.525. The minimum Gasteiger partial charge on any atom is -0.393 e. The maximum atomic E-state index is 3.05. The smallest absolute Gasteiger partial charge is 0.0261 e. The lowest BCUT2D eigenvalue weighted by atomic mass is 10.4. The van der Waals surface area contributed by atoms with E-state index in [0.29, 0.717) is 0 Å². The molecule has 0 saturated heterocycles. The molecule has 0 atom stereocenters. The maximum Gasteiger partial charge on any atom is 0.0261 e. The molecule has 2 heteroatoms. The average molecular weight is 114 g/mol. The van der Waals surface area contributed by atoms with Crippen LogP contribution in [0.2, 0.25) is 0 Å². The Balaban J connectivity index is 3.49. The second kappa shape index (κ2) is 4.50. The molecule has 2 N–H and O–H groups in total. The van der Waals surface area contributed by atoms with Gasteiger partial charge in [0.1, 0.15) is 0 Å². The molecule has 0 heterocycles. The highest BCUT2D eigenvalue weighted by Crippen LogP contribution is 1.89. The summed E-state index contributed by atoms with van der Waals surface area (Å²) in [6, 6.07) is 0. The third kappa shape index (κ3) is 2.50. The van der Waals surface area contributed by atoms with Crippen LogP contribution in [0.1, 0.15) is 13.3 Å². The van der Waals surface area contributed by atoms with Gasteiger partial charge in [-0.3, -0.25) is 0 Å². The van der Waals surface area contributed by atoms with Crippen LogP contribution in [-0.2, 0) is 0 Å². The normalized spacial score (nSPS) is 11.1. The fourth-order valence-corrected chi connectivity index (χ4v) is 0.525. The van der Waals surface area contributed by atoms with Gasteiger partial charge in [0.15, 0.2) is 0 Å². The van der Waals surface area contributed by atoms with E-state index in [1.54, 1.807) is 0 Å². The zero-order valence-electron chi connectivity index (χ0n) is 5.78. The first-order valence-electron chi connectivity index (χ1n) is 2.89. The van der Waals surface area contributed by atoms with E-state index in [4.69, 9.17) is 0 Å². The summed E-state index contributed by atoms with van der Waals surface area (Å²) in [5, 5.41) is 6.00. The van der Waals surface area contributed by atoms with E-state index in [0.717, 1.165) is 6.42 Å². The molecule has 0 saturated carbocycles. The molecule has 0 rings (SSSR count). The standard InChI is InChI=1S/C6H14N2/c1-4-6(8-3)5-7-2/h5,7-8H,4H2,1-3H3/b6-5+. The number of hydrogen-bond acceptors (Lipinski definition) is 2. The first kappa shape index (κ1) is 7.34. The molecular weight excluding hydrogens is 100 g/mol. The van der Waals surface area contributed by atoms with E-state index < -0.39 is 0 Å². The quantitative estimate of drug-likeness (QED) is 0.563. The summed E-state index contributed by atoms with van der Waals surface area (Å²) in [5.74, 6) is 0. The molecule has 0 aliphatic heterocycles. The van der Waals surface area contributed by atoms with Crippen molar-refractivity contribution in [2.75, 3.05) is 14.1 Å². The van der Waals surface area contributed by atoms with Crippen molar-refractivity contribution < 1.29 is 0 Å². The molecule has 0 fully saturated rings. The van der Waals surface area contributed by atoms with E-state index in [-0.39, 0.29) is 0 Å². The van der Waals surface area contributed by atoms with E-state index in [1.165, 1.54) is 5.70 Å². The third-order valence-electron chi connectivity index (χ3n) is 1.02. The molecule has 2 nitrogen and oxygen atoms in total. The minimum absolute atomic E-state index is 1.05. The van der Waals surface area contributed by atoms with Crippen LogP contribution in [0.4, 0.5) is 0 Å². The number of hydrogen-bond donors (Lipinski definition) is 2. The third-order valence-corrected chi connectivity index (χ3v) is 1.02. The molecule has 0 aliphatic carbocycles. The van der Waals surface area contributed by atoms with Crippen molar-refractivity contribution in [3.8, 4) is 0 Å². The Hall–Kier alpha value is -0.660. The summed E-state index contributed by atoms with van der Waals surface area (Å²) in [4.78, 5) is 0. The predicted molar refractivity (Wildman–Crippen MR) is 36.5 cm³/mol. The summed E-state index contributed by atoms with van der Waals surface area (Å²) < 4.78 is 0. The lowest BCUT2D eigenvalue weighted by Crippen LogP contribution is -2.08. The topological polar surface area (TPSA) is 24.1 Å². The Kier molecular flexibility index (Phi) is 4.13. The van der Waals surface area contributed by atoms with Crippen molar-refractivity contribution in [3.05, 3.63) is 11.9 Å². The molecule has 0 radical (unpaired) electrons. The van der Waals surface area contributed by atoms with Gasteiger partial charge < -0.3 is 10.6 Å². The maximum absolute atomic E-state index is 3.05. The Morgan fingerprint density at radius 3 is 2.25 bits per heavy atom. The van der Waals surface area contributed by atoms with Gasteiger partial charge in [0.25, 0.3) is 0 Å². The largest absolute Gasteiger partial charge is 0.393 e. The van der Waals surface area contributed by atoms with Gasteiger partial charge in [-0.2, -0.15) is 0 Å². The van der Waals surface area contributed by atoms with Crippen LogP contribution >= 0.6 is 0 Å². The number of allylic oxidation sites excluding steroid dienone is 1. The van der Waals surface area contributed by atoms with Gasteiger partial charge in [0.2, 0.25) is 0 Å². The number of rotatable bonds is 3. The van der Waals surface area contributed by atoms with E-state index in [2.05, 4.69) is 17.6 Å². The van der Waals surface area contributed by atoms with Crippen molar-refractivity contribution in [2.24, 2.45) is 0 Å². The highest BCUT2D eigenvalue weighted by molar-refractivity contribution is 4.94. The zero-order chi connectivity index (χ0) is 6.41. The SMILES string of the molecule is CC/C(=C\NC)NC. The lowest BCUT2D eigenvalue weighted by Gasteiger charge is -2.00. The summed E-state index contributed by atoms with van der Waals surface area (Å²) in [6.07, 6.45) is 3.01. The van der Waals surface area contributed by atoms with Gasteiger partial charge in [-0.1, -0.05) is 6.92 Å². The Labute approximate surface area is 51.0 Å². The molecular formula is C6H14N2.